The van der Waals surface area contributed by atoms with E-state index in [2.05, 4.69) is 15.4 Å². The number of aryl methyl sites for hydroxylation is 1. The lowest BCUT2D eigenvalue weighted by Gasteiger charge is -2.33. The Morgan fingerprint density at radius 3 is 2.59 bits per heavy atom. The highest BCUT2D eigenvalue weighted by atomic mass is 19.4. The Morgan fingerprint density at radius 2 is 2.03 bits per heavy atom. The summed E-state index contributed by atoms with van der Waals surface area (Å²) in [5, 5.41) is 14.2. The Bertz CT molecular complexity index is 735. The van der Waals surface area contributed by atoms with Crippen LogP contribution in [0.3, 0.4) is 0 Å². The number of hydrogen-bond donors (Lipinski definition) is 2. The molecule has 0 unspecified atom stereocenters. The third kappa shape index (κ3) is 6.17. The number of piperidine rings is 1. The van der Waals surface area contributed by atoms with Crippen LogP contribution in [0, 0.1) is 12.8 Å². The van der Waals surface area contributed by atoms with Crippen LogP contribution in [0.1, 0.15) is 37.1 Å². The second kappa shape index (κ2) is 8.70. The highest BCUT2D eigenvalue weighted by Gasteiger charge is 2.42. The largest absolute Gasteiger partial charge is 0.490 e. The molecular formula is C18H24F3N3O5. The van der Waals surface area contributed by atoms with Crippen LogP contribution in [0.15, 0.2) is 10.6 Å². The molecule has 0 radical (unpaired) electrons. The molecule has 1 amide bonds. The van der Waals surface area contributed by atoms with Crippen molar-refractivity contribution in [2.24, 2.45) is 5.92 Å². The molecule has 29 heavy (non-hydrogen) atoms. The smallest absolute Gasteiger partial charge is 0.475 e. The SMILES string of the molecule is Cc1cc(CN2CC[C@H]3C[C@H](C(=O)NC4CC4)O[C@H]3C2)no1.O=C(O)C(F)(F)F. The number of aromatic nitrogens is 1. The number of rotatable bonds is 4. The van der Waals surface area contributed by atoms with Crippen LogP contribution in [0.5, 0.6) is 0 Å². The molecule has 2 saturated heterocycles. The summed E-state index contributed by atoms with van der Waals surface area (Å²) in [5.41, 5.74) is 0.969. The van der Waals surface area contributed by atoms with Crippen LogP contribution in [-0.2, 0) is 20.9 Å². The van der Waals surface area contributed by atoms with Gasteiger partial charge in [-0.05, 0) is 45.1 Å². The van der Waals surface area contributed by atoms with Crippen molar-refractivity contribution in [1.29, 1.82) is 0 Å². The number of nitrogens with zero attached hydrogens (tertiary/aromatic N) is 2. The number of hydrogen-bond acceptors (Lipinski definition) is 6. The first kappa shape index (κ1) is 21.6. The standard InChI is InChI=1S/C16H23N3O3.C2HF3O2/c1-10-6-13(18-22-10)8-19-5-4-11-7-14(21-15(11)9-19)16(20)17-12-2-3-12;3-2(4,5)1(6)7/h6,11-12,14-15H,2-5,7-9H2,1H3,(H,17,20);(H,6,7)/t11-,14+,15-;/m0./s1. The van der Waals surface area contributed by atoms with Crippen molar-refractivity contribution in [3.63, 3.8) is 0 Å². The second-order valence-electron chi connectivity index (χ2n) is 7.70. The molecule has 3 fully saturated rings. The van der Waals surface area contributed by atoms with E-state index in [0.29, 0.717) is 12.0 Å². The Hall–Kier alpha value is -2.14. The zero-order valence-corrected chi connectivity index (χ0v) is 15.9. The Morgan fingerprint density at radius 1 is 1.34 bits per heavy atom. The topological polar surface area (TPSA) is 105 Å². The van der Waals surface area contributed by atoms with Gasteiger partial charge in [0.25, 0.3) is 0 Å². The first-order valence-electron chi connectivity index (χ1n) is 9.52. The van der Waals surface area contributed by atoms with Crippen LogP contribution in [0.4, 0.5) is 13.2 Å². The lowest BCUT2D eigenvalue weighted by molar-refractivity contribution is -0.192. The summed E-state index contributed by atoms with van der Waals surface area (Å²) in [5.74, 6) is -1.30. The van der Waals surface area contributed by atoms with Crippen molar-refractivity contribution < 1.29 is 37.1 Å². The number of likely N-dealkylation sites (tertiary alicyclic amines) is 1. The fourth-order valence-corrected chi connectivity index (χ4v) is 3.55. The van der Waals surface area contributed by atoms with E-state index < -0.39 is 12.1 Å². The van der Waals surface area contributed by atoms with Gasteiger partial charge in [0.15, 0.2) is 0 Å². The first-order valence-corrected chi connectivity index (χ1v) is 9.52. The van der Waals surface area contributed by atoms with Crippen LogP contribution < -0.4 is 5.32 Å². The van der Waals surface area contributed by atoms with Gasteiger partial charge in [-0.1, -0.05) is 5.16 Å². The van der Waals surface area contributed by atoms with E-state index in [1.807, 2.05) is 13.0 Å². The molecule has 3 atom stereocenters. The molecule has 0 aromatic carbocycles. The van der Waals surface area contributed by atoms with Gasteiger partial charge in [0.2, 0.25) is 5.91 Å². The highest BCUT2D eigenvalue weighted by molar-refractivity contribution is 5.81. The van der Waals surface area contributed by atoms with Gasteiger partial charge in [-0.25, -0.2) is 4.79 Å². The Labute approximate surface area is 165 Å². The number of ether oxygens (including phenoxy) is 1. The van der Waals surface area contributed by atoms with Crippen LogP contribution in [-0.4, -0.2) is 64.6 Å². The van der Waals surface area contributed by atoms with E-state index in [1.165, 1.54) is 0 Å². The molecule has 1 saturated carbocycles. The van der Waals surface area contributed by atoms with Crippen molar-refractivity contribution in [3.05, 3.63) is 17.5 Å². The van der Waals surface area contributed by atoms with Gasteiger partial charge in [-0.15, -0.1) is 0 Å². The summed E-state index contributed by atoms with van der Waals surface area (Å²) in [6.45, 7) is 4.62. The maximum absolute atomic E-state index is 12.1. The van der Waals surface area contributed by atoms with E-state index in [9.17, 15) is 18.0 Å². The van der Waals surface area contributed by atoms with Gasteiger partial charge in [0.1, 0.15) is 11.9 Å². The number of nitrogens with one attached hydrogen (secondary N) is 1. The summed E-state index contributed by atoms with van der Waals surface area (Å²) in [4.78, 5) is 23.4. The third-order valence-corrected chi connectivity index (χ3v) is 5.16. The van der Waals surface area contributed by atoms with Crippen molar-refractivity contribution in [2.45, 2.75) is 63.6 Å². The lowest BCUT2D eigenvalue weighted by atomic mass is 9.91. The molecule has 1 aromatic heterocycles. The molecule has 3 heterocycles. The van der Waals surface area contributed by atoms with E-state index in [4.69, 9.17) is 19.2 Å². The van der Waals surface area contributed by atoms with Gasteiger partial charge in [0.05, 0.1) is 11.8 Å². The number of aliphatic carboxylic acids is 1. The summed E-state index contributed by atoms with van der Waals surface area (Å²) in [7, 11) is 0. The van der Waals surface area contributed by atoms with Gasteiger partial charge in [-0.2, -0.15) is 13.2 Å². The van der Waals surface area contributed by atoms with Crippen LogP contribution in [0.2, 0.25) is 0 Å². The van der Waals surface area contributed by atoms with Gasteiger partial charge in [-0.3, -0.25) is 9.69 Å². The highest BCUT2D eigenvalue weighted by Crippen LogP contribution is 2.34. The fourth-order valence-electron chi connectivity index (χ4n) is 3.55. The average Bonchev–Trinajstić information content (AvgIpc) is 3.19. The van der Waals surface area contributed by atoms with E-state index in [1.54, 1.807) is 0 Å². The number of amides is 1. The Kier molecular flexibility index (Phi) is 6.47. The molecule has 2 N–H and O–H groups in total. The average molecular weight is 419 g/mol. The second-order valence-corrected chi connectivity index (χ2v) is 7.70. The van der Waals surface area contributed by atoms with E-state index in [0.717, 1.165) is 56.8 Å². The molecule has 2 aliphatic heterocycles. The normalized spacial score (nSPS) is 27.0. The number of halogens is 3. The summed E-state index contributed by atoms with van der Waals surface area (Å²) < 4.78 is 42.9. The number of carbonyl (C=O) groups is 2. The minimum absolute atomic E-state index is 0.0931. The van der Waals surface area contributed by atoms with Crippen molar-refractivity contribution in [3.8, 4) is 0 Å². The summed E-state index contributed by atoms with van der Waals surface area (Å²) >= 11 is 0. The van der Waals surface area contributed by atoms with Crippen molar-refractivity contribution >= 4 is 11.9 Å². The molecule has 8 nitrogen and oxygen atoms in total. The van der Waals surface area contributed by atoms with Crippen LogP contribution in [0.25, 0.3) is 0 Å². The fraction of sp³-hybridized carbons (Fsp3) is 0.722. The zero-order valence-electron chi connectivity index (χ0n) is 15.9. The zero-order chi connectivity index (χ0) is 21.2. The summed E-state index contributed by atoms with van der Waals surface area (Å²) in [6.07, 6.45) is -0.942. The number of carboxylic acid groups (broad SMARTS) is 1. The summed E-state index contributed by atoms with van der Waals surface area (Å²) in [6, 6.07) is 2.39. The predicted molar refractivity (Wildman–Crippen MR) is 92.8 cm³/mol. The molecule has 162 valence electrons. The molecule has 1 aromatic rings. The van der Waals surface area contributed by atoms with Gasteiger partial charge in [0, 0.05) is 25.2 Å². The molecule has 4 rings (SSSR count). The van der Waals surface area contributed by atoms with Gasteiger partial charge >= 0.3 is 12.1 Å². The molecule has 3 aliphatic rings. The van der Waals surface area contributed by atoms with Crippen molar-refractivity contribution in [1.82, 2.24) is 15.4 Å². The minimum atomic E-state index is -5.08. The first-order chi connectivity index (χ1) is 13.6. The van der Waals surface area contributed by atoms with Crippen LogP contribution >= 0.6 is 0 Å². The van der Waals surface area contributed by atoms with Crippen molar-refractivity contribution in [2.75, 3.05) is 13.1 Å². The lowest BCUT2D eigenvalue weighted by Crippen LogP contribution is -2.42. The maximum Gasteiger partial charge on any atom is 0.490 e. The molecular weight excluding hydrogens is 395 g/mol. The van der Waals surface area contributed by atoms with E-state index in [-0.39, 0.29) is 18.1 Å². The molecule has 11 heteroatoms. The minimum Gasteiger partial charge on any atom is -0.475 e. The molecule has 1 aliphatic carbocycles. The predicted octanol–water partition coefficient (Wildman–Crippen LogP) is 1.87. The Balaban J connectivity index is 0.000000298. The number of fused-ring (bicyclic) bond motifs is 1. The quantitative estimate of drug-likeness (QED) is 0.768. The number of carboxylic acids is 1. The van der Waals surface area contributed by atoms with Gasteiger partial charge < -0.3 is 19.7 Å². The maximum atomic E-state index is 12.1. The molecule has 0 bridgehead atoms. The monoisotopic (exact) mass is 419 g/mol. The molecule has 0 spiro atoms. The third-order valence-electron chi connectivity index (χ3n) is 5.16. The van der Waals surface area contributed by atoms with E-state index >= 15 is 0 Å². The number of carbonyl (C=O) groups excluding carboxylic acids is 1. The number of alkyl halides is 3.